The van der Waals surface area contributed by atoms with Gasteiger partial charge in [0.15, 0.2) is 0 Å². The zero-order valence-corrected chi connectivity index (χ0v) is 15.5. The van der Waals surface area contributed by atoms with E-state index in [1.807, 2.05) is 31.8 Å². The highest BCUT2D eigenvalue weighted by molar-refractivity contribution is 8.00. The number of thioether (sulfide) groups is 1. The summed E-state index contributed by atoms with van der Waals surface area (Å²) in [6, 6.07) is 0. The first kappa shape index (κ1) is 17.5. The van der Waals surface area contributed by atoms with Crippen LogP contribution in [-0.2, 0) is 27.9 Å². The molecular formula is C16H21N5O3S. The van der Waals surface area contributed by atoms with Crippen molar-refractivity contribution < 1.29 is 14.3 Å². The summed E-state index contributed by atoms with van der Waals surface area (Å²) < 4.78 is 8.34. The largest absolute Gasteiger partial charge is 0.465 e. The van der Waals surface area contributed by atoms with Gasteiger partial charge in [-0.3, -0.25) is 14.3 Å². The first-order chi connectivity index (χ1) is 11.9. The average molecular weight is 363 g/mol. The number of anilines is 1. The molecule has 134 valence electrons. The highest BCUT2D eigenvalue weighted by atomic mass is 32.2. The summed E-state index contributed by atoms with van der Waals surface area (Å²) in [6.07, 6.45) is 1.83. The Balaban J connectivity index is 2.06. The Morgan fingerprint density at radius 2 is 2.24 bits per heavy atom. The van der Waals surface area contributed by atoms with E-state index in [1.165, 1.54) is 16.4 Å². The molecule has 1 N–H and O–H groups in total. The van der Waals surface area contributed by atoms with Gasteiger partial charge in [0.25, 0.3) is 0 Å². The molecule has 1 aliphatic heterocycles. The minimum atomic E-state index is -0.381. The molecule has 1 aliphatic rings. The first-order valence-electron chi connectivity index (χ1n) is 8.05. The fraction of sp³-hybridized carbons (Fsp3) is 0.500. The van der Waals surface area contributed by atoms with Crippen LogP contribution in [0.4, 0.5) is 5.82 Å². The molecule has 9 heteroatoms. The van der Waals surface area contributed by atoms with E-state index in [0.717, 1.165) is 22.5 Å². The second-order valence-electron chi connectivity index (χ2n) is 5.86. The average Bonchev–Trinajstić information content (AvgIpc) is 2.95. The van der Waals surface area contributed by atoms with Crippen molar-refractivity contribution in [2.24, 2.45) is 7.05 Å². The summed E-state index contributed by atoms with van der Waals surface area (Å²) in [5.41, 5.74) is 3.78. The summed E-state index contributed by atoms with van der Waals surface area (Å²) in [5, 5.41) is 11.6. The molecule has 0 spiro atoms. The summed E-state index contributed by atoms with van der Waals surface area (Å²) in [4.78, 5) is 24.0. The van der Waals surface area contributed by atoms with E-state index in [-0.39, 0.29) is 23.7 Å². The lowest BCUT2D eigenvalue weighted by molar-refractivity contribution is -0.144. The molecule has 8 nitrogen and oxygen atoms in total. The molecular weight excluding hydrogens is 342 g/mol. The Morgan fingerprint density at radius 1 is 1.48 bits per heavy atom. The molecule has 0 fully saturated rings. The minimum Gasteiger partial charge on any atom is -0.465 e. The van der Waals surface area contributed by atoms with Crippen LogP contribution in [-0.4, -0.2) is 43.8 Å². The predicted octanol–water partition coefficient (Wildman–Crippen LogP) is 1.57. The molecule has 0 aromatic carbocycles. The van der Waals surface area contributed by atoms with Crippen LogP contribution in [0, 0.1) is 13.8 Å². The minimum absolute atomic E-state index is 0.0340. The Hall–Kier alpha value is -2.29. The fourth-order valence-corrected chi connectivity index (χ4v) is 4.16. The number of rotatable bonds is 4. The van der Waals surface area contributed by atoms with E-state index >= 15 is 0 Å². The zero-order chi connectivity index (χ0) is 18.1. The van der Waals surface area contributed by atoms with Crippen molar-refractivity contribution in [3.05, 3.63) is 28.7 Å². The van der Waals surface area contributed by atoms with Crippen molar-refractivity contribution in [2.45, 2.75) is 32.6 Å². The number of carbonyl (C=O) groups excluding carboxylic acids is 2. The number of ether oxygens (including phenoxy) is 1. The van der Waals surface area contributed by atoms with Crippen LogP contribution in [0.25, 0.3) is 0 Å². The van der Waals surface area contributed by atoms with Crippen molar-refractivity contribution in [3.63, 3.8) is 0 Å². The highest BCUT2D eigenvalue weighted by Gasteiger charge is 2.32. The predicted molar refractivity (Wildman–Crippen MR) is 94.5 cm³/mol. The van der Waals surface area contributed by atoms with Gasteiger partial charge in [0, 0.05) is 23.9 Å². The van der Waals surface area contributed by atoms with Gasteiger partial charge in [0.05, 0.1) is 29.5 Å². The van der Waals surface area contributed by atoms with Crippen LogP contribution in [0.5, 0.6) is 0 Å². The molecule has 0 bridgehead atoms. The van der Waals surface area contributed by atoms with Crippen molar-refractivity contribution in [3.8, 4) is 0 Å². The smallest absolute Gasteiger partial charge is 0.327 e. The van der Waals surface area contributed by atoms with Crippen LogP contribution in [0.2, 0.25) is 0 Å². The van der Waals surface area contributed by atoms with E-state index in [1.54, 1.807) is 6.92 Å². The van der Waals surface area contributed by atoms with Gasteiger partial charge in [-0.2, -0.15) is 10.2 Å². The van der Waals surface area contributed by atoms with Crippen LogP contribution in [0.15, 0.2) is 6.20 Å². The number of esters is 1. The van der Waals surface area contributed by atoms with Crippen LogP contribution in [0.1, 0.15) is 34.7 Å². The third-order valence-electron chi connectivity index (χ3n) is 4.21. The number of aromatic nitrogens is 4. The lowest BCUT2D eigenvalue weighted by Gasteiger charge is -2.14. The number of hydrogen-bond donors (Lipinski definition) is 1. The maximum absolute atomic E-state index is 12.2. The summed E-state index contributed by atoms with van der Waals surface area (Å²) >= 11 is 1.54. The van der Waals surface area contributed by atoms with E-state index in [4.69, 9.17) is 4.74 Å². The van der Waals surface area contributed by atoms with Crippen LogP contribution >= 0.6 is 11.8 Å². The Bertz CT molecular complexity index is 826. The maximum atomic E-state index is 12.2. The molecule has 1 atom stereocenters. The van der Waals surface area contributed by atoms with Crippen molar-refractivity contribution >= 4 is 29.5 Å². The Kier molecular flexibility index (Phi) is 4.85. The first-order valence-corrected chi connectivity index (χ1v) is 9.10. The monoisotopic (exact) mass is 363 g/mol. The van der Waals surface area contributed by atoms with Gasteiger partial charge in [-0.25, -0.2) is 4.68 Å². The number of aryl methyl sites for hydroxylation is 2. The molecule has 0 saturated carbocycles. The van der Waals surface area contributed by atoms with Crippen LogP contribution < -0.4 is 5.32 Å². The third kappa shape index (κ3) is 3.28. The van der Waals surface area contributed by atoms with Gasteiger partial charge in [0.1, 0.15) is 12.4 Å². The molecule has 0 saturated heterocycles. The van der Waals surface area contributed by atoms with E-state index in [2.05, 4.69) is 15.5 Å². The van der Waals surface area contributed by atoms with Gasteiger partial charge in [-0.15, -0.1) is 11.8 Å². The molecule has 0 unspecified atom stereocenters. The summed E-state index contributed by atoms with van der Waals surface area (Å²) in [6.45, 7) is 5.92. The number of nitrogens with zero attached hydrogens (tertiary/aromatic N) is 4. The topological polar surface area (TPSA) is 91.0 Å². The molecule has 0 radical (unpaired) electrons. The molecule has 3 heterocycles. The Morgan fingerprint density at radius 3 is 2.88 bits per heavy atom. The van der Waals surface area contributed by atoms with Crippen LogP contribution in [0.3, 0.4) is 0 Å². The van der Waals surface area contributed by atoms with Crippen molar-refractivity contribution in [1.82, 2.24) is 19.6 Å². The second kappa shape index (κ2) is 6.91. The number of nitrogens with one attached hydrogen (secondary N) is 1. The quantitative estimate of drug-likeness (QED) is 0.829. The maximum Gasteiger partial charge on any atom is 0.327 e. The third-order valence-corrected chi connectivity index (χ3v) is 5.47. The van der Waals surface area contributed by atoms with Crippen molar-refractivity contribution in [1.29, 1.82) is 0 Å². The Labute approximate surface area is 149 Å². The van der Waals surface area contributed by atoms with E-state index in [9.17, 15) is 9.59 Å². The molecule has 2 aromatic heterocycles. The molecule has 2 aromatic rings. The summed E-state index contributed by atoms with van der Waals surface area (Å²) in [7, 11) is 1.89. The number of amides is 1. The SMILES string of the molecule is CCOC(=O)Cn1nc(C)c2c1NC(=O)CS[C@@H]2c1cnn(C)c1C. The number of fused-ring (bicyclic) bond motifs is 1. The van der Waals surface area contributed by atoms with E-state index < -0.39 is 0 Å². The van der Waals surface area contributed by atoms with Gasteiger partial charge in [-0.1, -0.05) is 0 Å². The van der Waals surface area contributed by atoms with Gasteiger partial charge < -0.3 is 10.1 Å². The number of hydrogen-bond acceptors (Lipinski definition) is 6. The standard InChI is InChI=1S/C16H21N5O3S/c1-5-24-13(23)7-21-16-14(9(2)19-21)15(25-8-12(22)18-16)11-6-17-20(4)10(11)3/h6,15H,5,7-8H2,1-4H3,(H,18,22)/t15-/m1/s1. The van der Waals surface area contributed by atoms with Gasteiger partial charge in [-0.05, 0) is 20.8 Å². The zero-order valence-electron chi connectivity index (χ0n) is 14.7. The molecule has 3 rings (SSSR count). The normalized spacial score (nSPS) is 17.0. The number of carbonyl (C=O) groups is 2. The second-order valence-corrected chi connectivity index (χ2v) is 6.95. The van der Waals surface area contributed by atoms with Gasteiger partial charge in [0.2, 0.25) is 5.91 Å². The summed E-state index contributed by atoms with van der Waals surface area (Å²) in [5.74, 6) is 0.397. The molecule has 0 aliphatic carbocycles. The highest BCUT2D eigenvalue weighted by Crippen LogP contribution is 2.43. The molecule has 1 amide bonds. The van der Waals surface area contributed by atoms with Crippen molar-refractivity contribution in [2.75, 3.05) is 17.7 Å². The van der Waals surface area contributed by atoms with Gasteiger partial charge >= 0.3 is 5.97 Å². The molecule has 25 heavy (non-hydrogen) atoms. The lowest BCUT2D eigenvalue weighted by Crippen LogP contribution is -2.20. The fourth-order valence-electron chi connectivity index (χ4n) is 2.91. The van der Waals surface area contributed by atoms with E-state index in [0.29, 0.717) is 18.2 Å². The lowest BCUT2D eigenvalue weighted by atomic mass is 10.1.